The summed E-state index contributed by atoms with van der Waals surface area (Å²) in [4.78, 5) is 29.6. The molecule has 1 saturated heterocycles. The summed E-state index contributed by atoms with van der Waals surface area (Å²) in [6.07, 6.45) is 1.92. The molecule has 2 aliphatic rings. The van der Waals surface area contributed by atoms with Gasteiger partial charge in [0.25, 0.3) is 0 Å². The number of rotatable bonds is 5. The van der Waals surface area contributed by atoms with Crippen molar-refractivity contribution in [3.63, 3.8) is 0 Å². The van der Waals surface area contributed by atoms with Crippen molar-refractivity contribution in [2.24, 2.45) is 0 Å². The molecule has 10 heteroatoms. The number of esters is 1. The number of methoxy groups -OCH3 is 4. The van der Waals surface area contributed by atoms with E-state index < -0.39 is 26.2 Å². The number of likely N-dealkylation sites (tertiary alicyclic amines) is 1. The van der Waals surface area contributed by atoms with Gasteiger partial charge in [-0.05, 0) is 37.3 Å². The zero-order chi connectivity index (χ0) is 22.3. The highest BCUT2D eigenvalue weighted by atomic mass is 28.4. The number of nitrogens with zero attached hydrogens (tertiary/aromatic N) is 1. The van der Waals surface area contributed by atoms with Crippen molar-refractivity contribution in [1.29, 1.82) is 0 Å². The molecule has 1 aromatic rings. The van der Waals surface area contributed by atoms with E-state index in [1.54, 1.807) is 25.2 Å². The summed E-state index contributed by atoms with van der Waals surface area (Å²) in [5, 5.41) is 0. The normalized spacial score (nSPS) is 22.5. The summed E-state index contributed by atoms with van der Waals surface area (Å²) in [6, 6.07) is 1.42. The fourth-order valence-electron chi connectivity index (χ4n) is 4.13. The molecule has 0 spiro atoms. The molecule has 1 amide bonds. The van der Waals surface area contributed by atoms with E-state index in [1.165, 1.54) is 14.2 Å². The third kappa shape index (κ3) is 3.99. The topological polar surface area (TPSA) is 99.3 Å². The monoisotopic (exact) mass is 438 g/mol. The van der Waals surface area contributed by atoms with Crippen LogP contribution in [-0.4, -0.2) is 77.1 Å². The number of amides is 1. The first-order chi connectivity index (χ1) is 14.1. The van der Waals surface area contributed by atoms with Crippen LogP contribution in [0.15, 0.2) is 12.1 Å². The van der Waals surface area contributed by atoms with E-state index in [1.807, 2.05) is 6.08 Å². The Morgan fingerprint density at radius 1 is 1.13 bits per heavy atom. The number of hydrogen-bond donors (Lipinski definition) is 1. The highest BCUT2D eigenvalue weighted by Gasteiger charge is 2.51. The van der Waals surface area contributed by atoms with Crippen LogP contribution in [0.3, 0.4) is 0 Å². The molecule has 0 unspecified atom stereocenters. The zero-order valence-corrected chi connectivity index (χ0v) is 19.5. The van der Waals surface area contributed by atoms with Gasteiger partial charge in [0.1, 0.15) is 11.5 Å². The lowest BCUT2D eigenvalue weighted by Gasteiger charge is -2.49. The van der Waals surface area contributed by atoms with Gasteiger partial charge in [-0.25, -0.2) is 9.59 Å². The van der Waals surface area contributed by atoms with E-state index in [9.17, 15) is 9.59 Å². The Labute approximate surface area is 177 Å². The molecule has 1 aliphatic carbocycles. The Bertz CT molecular complexity index is 854. The fourth-order valence-corrected chi connectivity index (χ4v) is 4.96. The van der Waals surface area contributed by atoms with Crippen molar-refractivity contribution in [3.8, 4) is 0 Å². The van der Waals surface area contributed by atoms with Gasteiger partial charge in [-0.1, -0.05) is 0 Å². The molecule has 9 nitrogen and oxygen atoms in total. The van der Waals surface area contributed by atoms with Gasteiger partial charge in [0.05, 0.1) is 32.5 Å². The summed E-state index contributed by atoms with van der Waals surface area (Å²) >= 11 is 0. The second kappa shape index (κ2) is 8.08. The van der Waals surface area contributed by atoms with Gasteiger partial charge >= 0.3 is 12.1 Å². The van der Waals surface area contributed by atoms with Gasteiger partial charge in [-0.3, -0.25) is 4.90 Å². The van der Waals surface area contributed by atoms with Crippen LogP contribution in [0.25, 0.3) is 5.76 Å². The van der Waals surface area contributed by atoms with Crippen molar-refractivity contribution in [1.82, 2.24) is 9.88 Å². The van der Waals surface area contributed by atoms with Gasteiger partial charge < -0.3 is 28.4 Å². The number of aromatic nitrogens is 1. The second-order valence-corrected chi connectivity index (χ2v) is 12.9. The molecule has 0 radical (unpaired) electrons. The third-order valence-corrected chi connectivity index (χ3v) is 6.34. The smallest absolute Gasteiger partial charge is 0.410 e. The first-order valence-electron chi connectivity index (χ1n) is 9.75. The molecule has 0 saturated carbocycles. The fraction of sp³-hybridized carbons (Fsp3) is 0.600. The molecular formula is C20H30N2O7Si. The number of aromatic amines is 1. The summed E-state index contributed by atoms with van der Waals surface area (Å²) < 4.78 is 27.6. The van der Waals surface area contributed by atoms with E-state index >= 15 is 0 Å². The van der Waals surface area contributed by atoms with Crippen molar-refractivity contribution in [3.05, 3.63) is 29.1 Å². The van der Waals surface area contributed by atoms with Gasteiger partial charge in [-0.15, -0.1) is 0 Å². The first kappa shape index (κ1) is 22.4. The zero-order valence-electron chi connectivity index (χ0n) is 18.5. The number of H-pyrrole nitrogens is 1. The highest BCUT2D eigenvalue weighted by Crippen LogP contribution is 2.47. The molecule has 1 fully saturated rings. The first-order valence-corrected chi connectivity index (χ1v) is 13.2. The SMILES string of the molecule is COC(=O)c1cc2c([nH]1)C(O[Si](C)(C)C)=C[C@H]1[C@@H]2CC(OC)(OC)CN1C(=O)OC. The number of ether oxygens (including phenoxy) is 4. The standard InChI is InChI=1S/C20H30N2O7Si/c1-25-18(23)14-8-12-13-10-20(27-3,28-4)11-22(19(24)26-2)15(13)9-16(17(12)21-14)29-30(5,6)7/h8-9,13,15,21H,10-11H2,1-7H3/t13-,15+/m1/s1. The summed E-state index contributed by atoms with van der Waals surface area (Å²) in [6.45, 7) is 6.42. The van der Waals surface area contributed by atoms with Crippen LogP contribution in [-0.2, 0) is 23.4 Å². The van der Waals surface area contributed by atoms with Crippen LogP contribution in [0.5, 0.6) is 0 Å². The molecule has 1 N–H and O–H groups in total. The number of hydrogen-bond acceptors (Lipinski definition) is 7. The van der Waals surface area contributed by atoms with Gasteiger partial charge in [0, 0.05) is 26.6 Å². The van der Waals surface area contributed by atoms with Crippen molar-refractivity contribution < 1.29 is 33.0 Å². The predicted octanol–water partition coefficient (Wildman–Crippen LogP) is 2.92. The molecule has 2 heterocycles. The van der Waals surface area contributed by atoms with Crippen LogP contribution in [0.1, 0.15) is 34.1 Å². The lowest BCUT2D eigenvalue weighted by Crippen LogP contribution is -2.59. The molecule has 0 aromatic carbocycles. The van der Waals surface area contributed by atoms with Crippen molar-refractivity contribution in [2.45, 2.75) is 43.8 Å². The molecule has 0 bridgehead atoms. The molecule has 1 aromatic heterocycles. The third-order valence-electron chi connectivity index (χ3n) is 5.51. The van der Waals surface area contributed by atoms with Crippen LogP contribution in [0, 0.1) is 0 Å². The largest absolute Gasteiger partial charge is 0.543 e. The Balaban J connectivity index is 2.16. The summed E-state index contributed by atoms with van der Waals surface area (Å²) in [5.74, 6) is -1.05. The molecule has 30 heavy (non-hydrogen) atoms. The Morgan fingerprint density at radius 3 is 2.33 bits per heavy atom. The predicted molar refractivity (Wildman–Crippen MR) is 112 cm³/mol. The quantitative estimate of drug-likeness (QED) is 0.429. The maximum absolute atomic E-state index is 12.7. The minimum Gasteiger partial charge on any atom is -0.543 e. The van der Waals surface area contributed by atoms with E-state index in [-0.39, 0.29) is 18.5 Å². The minimum absolute atomic E-state index is 0.198. The van der Waals surface area contributed by atoms with Crippen LogP contribution in [0.2, 0.25) is 19.6 Å². The van der Waals surface area contributed by atoms with Gasteiger partial charge in [-0.2, -0.15) is 0 Å². The van der Waals surface area contributed by atoms with Crippen LogP contribution in [0.4, 0.5) is 4.79 Å². The number of fused-ring (bicyclic) bond motifs is 3. The number of piperidine rings is 1. The van der Waals surface area contributed by atoms with Crippen molar-refractivity contribution >= 4 is 26.1 Å². The lowest BCUT2D eigenvalue weighted by molar-refractivity contribution is -0.236. The lowest BCUT2D eigenvalue weighted by atomic mass is 9.77. The molecule has 2 atom stereocenters. The minimum atomic E-state index is -1.98. The average molecular weight is 439 g/mol. The maximum atomic E-state index is 12.7. The molecule has 1 aliphatic heterocycles. The average Bonchev–Trinajstić information content (AvgIpc) is 3.17. The summed E-state index contributed by atoms with van der Waals surface area (Å²) in [5.41, 5.74) is 1.89. The van der Waals surface area contributed by atoms with Crippen LogP contribution < -0.4 is 0 Å². The summed E-state index contributed by atoms with van der Waals surface area (Å²) in [7, 11) is 3.80. The number of nitrogens with one attached hydrogen (secondary N) is 1. The second-order valence-electron chi connectivity index (χ2n) is 8.47. The van der Waals surface area contributed by atoms with E-state index in [4.69, 9.17) is 23.4 Å². The Morgan fingerprint density at radius 2 is 1.80 bits per heavy atom. The number of carbonyl (C=O) groups excluding carboxylic acids is 2. The van der Waals surface area contributed by atoms with Crippen LogP contribution >= 0.6 is 0 Å². The van der Waals surface area contributed by atoms with Gasteiger partial charge in [0.2, 0.25) is 8.32 Å². The van der Waals surface area contributed by atoms with E-state index in [2.05, 4.69) is 24.6 Å². The molecule has 3 rings (SSSR count). The highest BCUT2D eigenvalue weighted by molar-refractivity contribution is 6.70. The van der Waals surface area contributed by atoms with E-state index in [0.29, 0.717) is 23.6 Å². The van der Waals surface area contributed by atoms with Gasteiger partial charge in [0.15, 0.2) is 5.79 Å². The Kier molecular flexibility index (Phi) is 6.03. The molecular weight excluding hydrogens is 408 g/mol. The van der Waals surface area contributed by atoms with Crippen molar-refractivity contribution in [2.75, 3.05) is 35.0 Å². The number of carbonyl (C=O) groups is 2. The molecule has 166 valence electrons. The van der Waals surface area contributed by atoms with E-state index in [0.717, 1.165) is 5.56 Å². The maximum Gasteiger partial charge on any atom is 0.410 e. The Hall–Kier alpha value is -2.30.